The molecule has 32 heavy (non-hydrogen) atoms. The van der Waals surface area contributed by atoms with Crippen LogP contribution in [0.4, 0.5) is 22.0 Å². The van der Waals surface area contributed by atoms with Gasteiger partial charge in [-0.05, 0) is 37.5 Å². The first kappa shape index (κ1) is 21.3. The van der Waals surface area contributed by atoms with Crippen LogP contribution in [0, 0.1) is 11.6 Å². The van der Waals surface area contributed by atoms with E-state index in [0.717, 1.165) is 12.1 Å². The quantitative estimate of drug-likeness (QED) is 0.639. The molecular weight excluding hydrogens is 441 g/mol. The van der Waals surface area contributed by atoms with Crippen molar-refractivity contribution in [2.45, 2.75) is 61.6 Å². The molecule has 172 valence electrons. The van der Waals surface area contributed by atoms with Gasteiger partial charge < -0.3 is 14.6 Å². The van der Waals surface area contributed by atoms with E-state index in [-0.39, 0.29) is 36.6 Å². The second kappa shape index (κ2) is 7.20. The van der Waals surface area contributed by atoms with Gasteiger partial charge in [-0.1, -0.05) is 5.16 Å². The topological polar surface area (TPSA) is 86.5 Å². The van der Waals surface area contributed by atoms with Crippen molar-refractivity contribution in [3.8, 4) is 11.4 Å². The smallest absolute Gasteiger partial charge is 0.368 e. The van der Waals surface area contributed by atoms with E-state index < -0.39 is 35.7 Å². The third kappa shape index (κ3) is 3.85. The Morgan fingerprint density at radius 3 is 2.53 bits per heavy atom. The highest BCUT2D eigenvalue weighted by Crippen LogP contribution is 2.67. The lowest BCUT2D eigenvalue weighted by Crippen LogP contribution is -2.77. The number of nitrogens with one attached hydrogen (secondary N) is 1. The number of alkyl halides is 3. The van der Waals surface area contributed by atoms with Gasteiger partial charge in [0, 0.05) is 23.9 Å². The van der Waals surface area contributed by atoms with E-state index in [2.05, 4.69) is 20.2 Å². The molecule has 4 fully saturated rings. The molecule has 2 bridgehead atoms. The number of hydrogen-bond donors (Lipinski definition) is 1. The van der Waals surface area contributed by atoms with Crippen LogP contribution in [-0.2, 0) is 19.7 Å². The first-order chi connectivity index (χ1) is 15.0. The predicted octanol–water partition coefficient (Wildman–Crippen LogP) is 3.39. The van der Waals surface area contributed by atoms with Crippen molar-refractivity contribution in [3.63, 3.8) is 0 Å². The minimum atomic E-state index is -4.67. The summed E-state index contributed by atoms with van der Waals surface area (Å²) in [6.07, 6.45) is -4.05. The van der Waals surface area contributed by atoms with Crippen LogP contribution in [0.2, 0.25) is 0 Å². The van der Waals surface area contributed by atoms with Gasteiger partial charge in [0.2, 0.25) is 17.6 Å². The molecule has 1 aromatic heterocycles. The van der Waals surface area contributed by atoms with E-state index in [9.17, 15) is 26.7 Å². The minimum absolute atomic E-state index is 0.0957. The molecule has 2 aromatic rings. The fourth-order valence-electron chi connectivity index (χ4n) is 4.80. The average molecular weight is 459 g/mol. The monoisotopic (exact) mass is 459 g/mol. The van der Waals surface area contributed by atoms with Gasteiger partial charge in [0.1, 0.15) is 6.61 Å². The van der Waals surface area contributed by atoms with Crippen molar-refractivity contribution in [2.24, 2.45) is 0 Å². The molecule has 12 heteroatoms. The van der Waals surface area contributed by atoms with Crippen molar-refractivity contribution >= 4 is 5.91 Å². The number of amides is 1. The summed E-state index contributed by atoms with van der Waals surface area (Å²) < 4.78 is 77.4. The summed E-state index contributed by atoms with van der Waals surface area (Å²) >= 11 is 0. The number of aromatic nitrogens is 2. The zero-order valence-corrected chi connectivity index (χ0v) is 16.5. The first-order valence-electron chi connectivity index (χ1n) is 10.0. The maximum Gasteiger partial charge on any atom is 0.522 e. The number of carbonyl (C=O) groups excluding carboxylic acids is 1. The van der Waals surface area contributed by atoms with Crippen LogP contribution >= 0.6 is 0 Å². The predicted molar refractivity (Wildman–Crippen MR) is 96.0 cm³/mol. The van der Waals surface area contributed by atoms with Gasteiger partial charge in [-0.15, -0.1) is 13.2 Å². The van der Waals surface area contributed by atoms with E-state index in [0.29, 0.717) is 30.7 Å². The Bertz CT molecular complexity index is 1030. The Morgan fingerprint density at radius 1 is 1.16 bits per heavy atom. The largest absolute Gasteiger partial charge is 0.522 e. The van der Waals surface area contributed by atoms with E-state index >= 15 is 0 Å². The molecule has 1 heterocycles. The molecule has 1 aromatic carbocycles. The van der Waals surface area contributed by atoms with E-state index in [4.69, 9.17) is 9.26 Å². The summed E-state index contributed by atoms with van der Waals surface area (Å²) in [5.41, 5.74) is -0.447. The van der Waals surface area contributed by atoms with Crippen molar-refractivity contribution in [3.05, 3.63) is 35.7 Å². The van der Waals surface area contributed by atoms with Gasteiger partial charge in [0.25, 0.3) is 0 Å². The van der Waals surface area contributed by atoms with Gasteiger partial charge in [-0.2, -0.15) is 4.98 Å². The number of hydrogen-bond acceptors (Lipinski definition) is 6. The first-order valence-corrected chi connectivity index (χ1v) is 10.0. The molecule has 4 aliphatic carbocycles. The average Bonchev–Trinajstić information content (AvgIpc) is 3.10. The third-order valence-electron chi connectivity index (χ3n) is 6.29. The zero-order valence-electron chi connectivity index (χ0n) is 16.5. The maximum atomic E-state index is 13.4. The number of nitrogens with zero attached hydrogens (tertiary/aromatic N) is 2. The summed E-state index contributed by atoms with van der Waals surface area (Å²) in [5.74, 6) is -1.77. The summed E-state index contributed by atoms with van der Waals surface area (Å²) in [4.78, 5) is 16.5. The molecule has 1 N–H and O–H groups in total. The van der Waals surface area contributed by atoms with Gasteiger partial charge in [-0.3, -0.25) is 9.53 Å². The second-order valence-electron chi connectivity index (χ2n) is 8.78. The molecule has 0 aliphatic heterocycles. The van der Waals surface area contributed by atoms with Crippen LogP contribution in [0.1, 0.15) is 38.0 Å². The van der Waals surface area contributed by atoms with Crippen molar-refractivity contribution in [1.29, 1.82) is 0 Å². The lowest BCUT2D eigenvalue weighted by molar-refractivity contribution is -0.357. The number of carbonyl (C=O) groups is 1. The Kier molecular flexibility index (Phi) is 4.79. The summed E-state index contributed by atoms with van der Waals surface area (Å²) in [6, 6.07) is 3.34. The highest BCUT2D eigenvalue weighted by Gasteiger charge is 2.72. The second-order valence-corrected chi connectivity index (χ2v) is 8.78. The Labute approximate surface area is 178 Å². The lowest BCUT2D eigenvalue weighted by Gasteiger charge is -2.68. The number of ether oxygens (including phenoxy) is 2. The molecule has 0 unspecified atom stereocenters. The molecule has 4 aliphatic rings. The van der Waals surface area contributed by atoms with Gasteiger partial charge in [0.05, 0.1) is 17.6 Å². The molecule has 1 amide bonds. The standard InChI is InChI=1S/C20H18F5N3O4/c21-13-2-1-10(3-14(13)22)16-26-17(32-28-16)18-7-19(8-18,9-18)27-15(29)6-30-11-4-12(5-11)31-20(23,24)25/h1-3,11-12H,4-9H2,(H,27,29)/t11-,12+,18?,19?. The van der Waals surface area contributed by atoms with Crippen LogP contribution in [0.15, 0.2) is 22.7 Å². The normalized spacial score (nSPS) is 30.8. The molecular formula is C20H18F5N3O4. The van der Waals surface area contributed by atoms with Gasteiger partial charge in [0.15, 0.2) is 11.6 Å². The molecule has 0 atom stereocenters. The number of rotatable bonds is 7. The van der Waals surface area contributed by atoms with E-state index in [1.165, 1.54) is 6.07 Å². The third-order valence-corrected chi connectivity index (χ3v) is 6.29. The Hall–Kier alpha value is -2.60. The summed E-state index contributed by atoms with van der Waals surface area (Å²) in [5, 5.41) is 6.75. The van der Waals surface area contributed by atoms with Crippen molar-refractivity contribution < 1.29 is 40.7 Å². The molecule has 0 spiro atoms. The fourth-order valence-corrected chi connectivity index (χ4v) is 4.80. The molecule has 7 nitrogen and oxygen atoms in total. The highest BCUT2D eigenvalue weighted by atomic mass is 19.4. The zero-order chi connectivity index (χ0) is 22.7. The van der Waals surface area contributed by atoms with Gasteiger partial charge >= 0.3 is 6.36 Å². The fraction of sp³-hybridized carbons (Fsp3) is 0.550. The Balaban J connectivity index is 1.08. The van der Waals surface area contributed by atoms with Crippen LogP contribution in [0.5, 0.6) is 0 Å². The van der Waals surface area contributed by atoms with E-state index in [1.54, 1.807) is 0 Å². The molecule has 6 rings (SSSR count). The molecule has 0 radical (unpaired) electrons. The van der Waals surface area contributed by atoms with Crippen LogP contribution in [-0.4, -0.2) is 46.8 Å². The molecule has 0 saturated heterocycles. The van der Waals surface area contributed by atoms with E-state index in [1.807, 2.05) is 0 Å². The van der Waals surface area contributed by atoms with Gasteiger partial charge in [-0.25, -0.2) is 8.78 Å². The summed E-state index contributed by atoms with van der Waals surface area (Å²) in [7, 11) is 0. The number of halogens is 5. The van der Waals surface area contributed by atoms with Crippen LogP contribution in [0.25, 0.3) is 11.4 Å². The Morgan fingerprint density at radius 2 is 1.88 bits per heavy atom. The minimum Gasteiger partial charge on any atom is -0.368 e. The van der Waals surface area contributed by atoms with Crippen LogP contribution < -0.4 is 5.32 Å². The van der Waals surface area contributed by atoms with Crippen molar-refractivity contribution in [1.82, 2.24) is 15.5 Å². The molecule has 4 saturated carbocycles. The van der Waals surface area contributed by atoms with Crippen LogP contribution in [0.3, 0.4) is 0 Å². The lowest BCUT2D eigenvalue weighted by atomic mass is 9.39. The SMILES string of the molecule is O=C(CO[C@H]1C[C@@H](OC(F)(F)F)C1)NC12CC(c3nc(-c4ccc(F)c(F)c4)no3)(C1)C2. The van der Waals surface area contributed by atoms with Crippen molar-refractivity contribution in [2.75, 3.05) is 6.61 Å². The maximum absolute atomic E-state index is 13.4. The number of benzene rings is 1. The summed E-state index contributed by atoms with van der Waals surface area (Å²) in [6.45, 7) is -0.237. The highest BCUT2D eigenvalue weighted by molar-refractivity contribution is 5.79.